The van der Waals surface area contributed by atoms with Gasteiger partial charge in [-0.15, -0.1) is 0 Å². The highest BCUT2D eigenvalue weighted by Gasteiger charge is 2.10. The number of benzene rings is 1. The smallest absolute Gasteiger partial charge is 0.226 e. The van der Waals surface area contributed by atoms with Crippen LogP contribution < -0.4 is 4.90 Å². The van der Waals surface area contributed by atoms with Crippen LogP contribution in [0.4, 0.5) is 5.69 Å². The number of hydrogen-bond donors (Lipinski definition) is 0. The largest absolute Gasteiger partial charge is 0.364 e. The third kappa shape index (κ3) is 2.88. The molecule has 0 saturated heterocycles. The van der Waals surface area contributed by atoms with Crippen LogP contribution in [0.5, 0.6) is 0 Å². The van der Waals surface area contributed by atoms with Crippen LogP contribution in [0.1, 0.15) is 31.1 Å². The maximum atomic E-state index is 5.13. The summed E-state index contributed by atoms with van der Waals surface area (Å²) in [5.41, 5.74) is 2.45. The van der Waals surface area contributed by atoms with E-state index < -0.39 is 0 Å². The molecule has 4 nitrogen and oxygen atoms in total. The number of aromatic nitrogens is 2. The average Bonchev–Trinajstić information content (AvgIpc) is 2.85. The molecule has 0 fully saturated rings. The van der Waals surface area contributed by atoms with Crippen molar-refractivity contribution in [2.24, 2.45) is 0 Å². The highest BCUT2D eigenvalue weighted by Crippen LogP contribution is 2.16. The molecular formula is C14H19N3O. The van der Waals surface area contributed by atoms with Gasteiger partial charge < -0.3 is 9.42 Å². The highest BCUT2D eigenvalue weighted by atomic mass is 16.5. The Bertz CT molecular complexity index is 490. The third-order valence-corrected chi connectivity index (χ3v) is 2.93. The summed E-state index contributed by atoms with van der Waals surface area (Å²) in [6.45, 7) is 7.82. The topological polar surface area (TPSA) is 42.2 Å². The van der Waals surface area contributed by atoms with Crippen LogP contribution in [0.25, 0.3) is 0 Å². The van der Waals surface area contributed by atoms with E-state index in [0.717, 1.165) is 18.8 Å². The van der Waals surface area contributed by atoms with Crippen LogP contribution in [0.15, 0.2) is 28.8 Å². The first-order valence-corrected chi connectivity index (χ1v) is 6.36. The van der Waals surface area contributed by atoms with Crippen molar-refractivity contribution in [3.63, 3.8) is 0 Å². The summed E-state index contributed by atoms with van der Waals surface area (Å²) in [4.78, 5) is 6.57. The third-order valence-electron chi connectivity index (χ3n) is 2.93. The number of anilines is 1. The minimum Gasteiger partial charge on any atom is -0.364 e. The molecule has 0 saturated carbocycles. The molecule has 0 unspecified atom stereocenters. The van der Waals surface area contributed by atoms with Crippen molar-refractivity contribution in [2.45, 2.75) is 33.7 Å². The zero-order valence-electron chi connectivity index (χ0n) is 11.2. The molecule has 4 heteroatoms. The molecule has 0 N–H and O–H groups in total. The van der Waals surface area contributed by atoms with Crippen molar-refractivity contribution >= 4 is 5.69 Å². The minimum atomic E-state index is 0.684. The van der Waals surface area contributed by atoms with E-state index in [0.29, 0.717) is 12.4 Å². The first-order valence-electron chi connectivity index (χ1n) is 6.36. The Morgan fingerprint density at radius 2 is 1.89 bits per heavy atom. The number of aryl methyl sites for hydroxylation is 2. The Hall–Kier alpha value is -1.84. The molecule has 0 radical (unpaired) electrons. The monoisotopic (exact) mass is 245 g/mol. The normalized spacial score (nSPS) is 10.6. The van der Waals surface area contributed by atoms with Gasteiger partial charge in [0.25, 0.3) is 0 Å². The van der Waals surface area contributed by atoms with E-state index in [-0.39, 0.29) is 0 Å². The fourth-order valence-electron chi connectivity index (χ4n) is 1.81. The first-order chi connectivity index (χ1) is 8.72. The molecule has 0 amide bonds. The lowest BCUT2D eigenvalue weighted by Crippen LogP contribution is -2.22. The molecule has 0 spiro atoms. The first kappa shape index (κ1) is 12.6. The van der Waals surface area contributed by atoms with Crippen LogP contribution in [0.3, 0.4) is 0 Å². The van der Waals surface area contributed by atoms with Gasteiger partial charge in [-0.05, 0) is 26.0 Å². The van der Waals surface area contributed by atoms with E-state index in [9.17, 15) is 0 Å². The summed E-state index contributed by atoms with van der Waals surface area (Å²) in [6, 6.07) is 8.48. The summed E-state index contributed by atoms with van der Waals surface area (Å²) < 4.78 is 5.13. The van der Waals surface area contributed by atoms with E-state index in [1.165, 1.54) is 11.3 Å². The van der Waals surface area contributed by atoms with E-state index >= 15 is 0 Å². The maximum Gasteiger partial charge on any atom is 0.226 e. The van der Waals surface area contributed by atoms with Crippen molar-refractivity contribution in [1.29, 1.82) is 0 Å². The Balaban J connectivity index is 2.11. The zero-order valence-corrected chi connectivity index (χ0v) is 11.2. The Morgan fingerprint density at radius 1 is 1.17 bits per heavy atom. The number of rotatable bonds is 5. The number of hydrogen-bond acceptors (Lipinski definition) is 4. The van der Waals surface area contributed by atoms with Gasteiger partial charge in [0.05, 0.1) is 6.54 Å². The van der Waals surface area contributed by atoms with Gasteiger partial charge in [-0.1, -0.05) is 29.8 Å². The SMILES string of the molecule is CCc1nc(CN(CC)c2ccc(C)cc2)no1. The molecule has 0 aliphatic rings. The minimum absolute atomic E-state index is 0.684. The fraction of sp³-hybridized carbons (Fsp3) is 0.429. The second kappa shape index (κ2) is 5.67. The van der Waals surface area contributed by atoms with Crippen LogP contribution in [0.2, 0.25) is 0 Å². The molecule has 0 atom stereocenters. The van der Waals surface area contributed by atoms with Crippen molar-refractivity contribution in [2.75, 3.05) is 11.4 Å². The lowest BCUT2D eigenvalue weighted by atomic mass is 10.2. The molecule has 0 aliphatic carbocycles. The van der Waals surface area contributed by atoms with Crippen LogP contribution in [-0.4, -0.2) is 16.7 Å². The second-order valence-corrected chi connectivity index (χ2v) is 4.31. The van der Waals surface area contributed by atoms with E-state index in [1.807, 2.05) is 6.92 Å². The van der Waals surface area contributed by atoms with Gasteiger partial charge in [0, 0.05) is 18.7 Å². The van der Waals surface area contributed by atoms with Gasteiger partial charge >= 0.3 is 0 Å². The van der Waals surface area contributed by atoms with Gasteiger partial charge in [-0.25, -0.2) is 0 Å². The predicted molar refractivity (Wildman–Crippen MR) is 71.6 cm³/mol. The van der Waals surface area contributed by atoms with Gasteiger partial charge in [-0.3, -0.25) is 0 Å². The van der Waals surface area contributed by atoms with E-state index in [1.54, 1.807) is 0 Å². The van der Waals surface area contributed by atoms with Crippen molar-refractivity contribution in [3.8, 4) is 0 Å². The lowest BCUT2D eigenvalue weighted by Gasteiger charge is -2.21. The van der Waals surface area contributed by atoms with Crippen molar-refractivity contribution < 1.29 is 4.52 Å². The molecule has 18 heavy (non-hydrogen) atoms. The van der Waals surface area contributed by atoms with Crippen LogP contribution >= 0.6 is 0 Å². The summed E-state index contributed by atoms with van der Waals surface area (Å²) in [5.74, 6) is 1.44. The molecular weight excluding hydrogens is 226 g/mol. The van der Waals surface area contributed by atoms with Gasteiger partial charge in [-0.2, -0.15) is 4.98 Å². The zero-order chi connectivity index (χ0) is 13.0. The number of nitrogens with zero attached hydrogens (tertiary/aromatic N) is 3. The molecule has 1 aromatic heterocycles. The predicted octanol–water partition coefficient (Wildman–Crippen LogP) is 2.97. The summed E-state index contributed by atoms with van der Waals surface area (Å²) in [5, 5.41) is 3.99. The average molecular weight is 245 g/mol. The van der Waals surface area contributed by atoms with Crippen molar-refractivity contribution in [3.05, 3.63) is 41.5 Å². The lowest BCUT2D eigenvalue weighted by molar-refractivity contribution is 0.376. The Kier molecular flexibility index (Phi) is 3.97. The Labute approximate surface area is 108 Å². The highest BCUT2D eigenvalue weighted by molar-refractivity contribution is 5.47. The van der Waals surface area contributed by atoms with Crippen LogP contribution in [-0.2, 0) is 13.0 Å². The van der Waals surface area contributed by atoms with Crippen LogP contribution in [0, 0.1) is 6.92 Å². The van der Waals surface area contributed by atoms with E-state index in [4.69, 9.17) is 4.52 Å². The van der Waals surface area contributed by atoms with Crippen molar-refractivity contribution in [1.82, 2.24) is 10.1 Å². The maximum absolute atomic E-state index is 5.13. The molecule has 2 aromatic rings. The second-order valence-electron chi connectivity index (χ2n) is 4.31. The summed E-state index contributed by atoms with van der Waals surface area (Å²) in [7, 11) is 0. The molecule has 0 bridgehead atoms. The van der Waals surface area contributed by atoms with Gasteiger partial charge in [0.1, 0.15) is 0 Å². The molecule has 1 aromatic carbocycles. The summed E-state index contributed by atoms with van der Waals surface area (Å²) in [6.07, 6.45) is 0.781. The molecule has 1 heterocycles. The Morgan fingerprint density at radius 3 is 2.44 bits per heavy atom. The van der Waals surface area contributed by atoms with Gasteiger partial charge in [0.2, 0.25) is 5.89 Å². The van der Waals surface area contributed by atoms with Gasteiger partial charge in [0.15, 0.2) is 5.82 Å². The molecule has 0 aliphatic heterocycles. The van der Waals surface area contributed by atoms with E-state index in [2.05, 4.69) is 53.2 Å². The summed E-state index contributed by atoms with van der Waals surface area (Å²) >= 11 is 0. The fourth-order valence-corrected chi connectivity index (χ4v) is 1.81. The molecule has 2 rings (SSSR count). The quantitative estimate of drug-likeness (QED) is 0.812. The molecule has 96 valence electrons. The standard InChI is InChI=1S/C14H19N3O/c1-4-14-15-13(16-18-14)10-17(5-2)12-8-6-11(3)7-9-12/h6-9H,4-5,10H2,1-3H3.